The summed E-state index contributed by atoms with van der Waals surface area (Å²) in [5.74, 6) is 1.64. The second-order valence-electron chi connectivity index (χ2n) is 8.90. The second kappa shape index (κ2) is 9.65. The van der Waals surface area contributed by atoms with Crippen molar-refractivity contribution in [2.24, 2.45) is 0 Å². The molecule has 2 aromatic rings. The van der Waals surface area contributed by atoms with Crippen LogP contribution in [0.15, 0.2) is 48.5 Å². The lowest BCUT2D eigenvalue weighted by Crippen LogP contribution is -2.39. The smallest absolute Gasteiger partial charge is 0.227 e. The van der Waals surface area contributed by atoms with Crippen molar-refractivity contribution in [1.29, 1.82) is 0 Å². The molecule has 0 spiro atoms. The minimum Gasteiger partial charge on any atom is -0.486 e. The number of benzene rings is 2. The Kier molecular flexibility index (Phi) is 6.71. The van der Waals surface area contributed by atoms with E-state index in [4.69, 9.17) is 9.47 Å². The van der Waals surface area contributed by atoms with Gasteiger partial charge in [0.1, 0.15) is 18.5 Å². The summed E-state index contributed by atoms with van der Waals surface area (Å²) in [5, 5.41) is 0. The average molecular weight is 422 g/mol. The van der Waals surface area contributed by atoms with Gasteiger partial charge in [-0.2, -0.15) is 0 Å². The lowest BCUT2D eigenvalue weighted by molar-refractivity contribution is -0.131. The SMILES string of the molecule is CC(C)c1ccc(CC(=O)N2CCC[C@@H](c3cccc(OCC(=O)C4CO4)c3)C2)cc1. The minimum atomic E-state index is -0.275. The van der Waals surface area contributed by atoms with Crippen molar-refractivity contribution >= 4 is 11.7 Å². The number of likely N-dealkylation sites (tertiary alicyclic amines) is 1. The summed E-state index contributed by atoms with van der Waals surface area (Å²) in [7, 11) is 0. The maximum Gasteiger partial charge on any atom is 0.227 e. The van der Waals surface area contributed by atoms with Crippen LogP contribution in [0.1, 0.15) is 55.2 Å². The molecule has 0 N–H and O–H groups in total. The summed E-state index contributed by atoms with van der Waals surface area (Å²) in [6, 6.07) is 16.3. The van der Waals surface area contributed by atoms with Crippen LogP contribution in [0.25, 0.3) is 0 Å². The van der Waals surface area contributed by atoms with Gasteiger partial charge in [0.05, 0.1) is 13.0 Å². The summed E-state index contributed by atoms with van der Waals surface area (Å²) in [4.78, 5) is 26.7. The highest BCUT2D eigenvalue weighted by molar-refractivity contribution is 5.86. The Hall–Kier alpha value is -2.66. The Morgan fingerprint density at radius 1 is 1.16 bits per heavy atom. The molecule has 5 heteroatoms. The third-order valence-corrected chi connectivity index (χ3v) is 6.18. The zero-order valence-corrected chi connectivity index (χ0v) is 18.4. The molecule has 0 bridgehead atoms. The number of nitrogens with zero attached hydrogens (tertiary/aromatic N) is 1. The molecule has 0 radical (unpaired) electrons. The van der Waals surface area contributed by atoms with E-state index in [1.807, 2.05) is 23.1 Å². The zero-order chi connectivity index (χ0) is 21.8. The lowest BCUT2D eigenvalue weighted by Gasteiger charge is -2.33. The quantitative estimate of drug-likeness (QED) is 0.602. The Morgan fingerprint density at radius 3 is 2.65 bits per heavy atom. The lowest BCUT2D eigenvalue weighted by atomic mass is 9.90. The highest BCUT2D eigenvalue weighted by Crippen LogP contribution is 2.29. The van der Waals surface area contributed by atoms with Crippen LogP contribution in [0, 0.1) is 0 Å². The molecule has 1 amide bonds. The number of hydrogen-bond donors (Lipinski definition) is 0. The first-order valence-corrected chi connectivity index (χ1v) is 11.2. The van der Waals surface area contributed by atoms with Crippen LogP contribution < -0.4 is 4.74 Å². The van der Waals surface area contributed by atoms with Gasteiger partial charge in [0.25, 0.3) is 0 Å². The van der Waals surface area contributed by atoms with Gasteiger partial charge in [0, 0.05) is 19.0 Å². The van der Waals surface area contributed by atoms with E-state index in [0.29, 0.717) is 24.7 Å². The number of hydrogen-bond acceptors (Lipinski definition) is 4. The molecule has 0 aliphatic carbocycles. The molecule has 2 aliphatic rings. The van der Waals surface area contributed by atoms with Gasteiger partial charge in [-0.15, -0.1) is 0 Å². The number of piperidine rings is 1. The molecule has 2 heterocycles. The van der Waals surface area contributed by atoms with E-state index in [0.717, 1.165) is 37.1 Å². The molecule has 4 rings (SSSR count). The molecule has 2 fully saturated rings. The Labute approximate surface area is 184 Å². The van der Waals surface area contributed by atoms with E-state index in [2.05, 4.69) is 44.2 Å². The van der Waals surface area contributed by atoms with Gasteiger partial charge in [-0.25, -0.2) is 0 Å². The normalized spacial score (nSPS) is 20.5. The standard InChI is InChI=1S/C26H31NO4/c1-18(2)20-10-8-19(9-11-20)13-26(29)27-12-4-6-22(15-27)21-5-3-7-23(14-21)30-16-24(28)25-17-31-25/h3,5,7-11,14,18,22,25H,4,6,12-13,15-17H2,1-2H3/t22-,25?/m1/s1. The molecule has 164 valence electrons. The molecular formula is C26H31NO4. The third kappa shape index (κ3) is 5.73. The Balaban J connectivity index is 1.34. The fourth-order valence-corrected chi connectivity index (χ4v) is 4.12. The number of epoxide rings is 1. The predicted octanol–water partition coefficient (Wildman–Crippen LogP) is 4.11. The van der Waals surface area contributed by atoms with Crippen molar-refractivity contribution in [1.82, 2.24) is 4.90 Å². The van der Waals surface area contributed by atoms with Crippen molar-refractivity contribution in [3.05, 3.63) is 65.2 Å². The van der Waals surface area contributed by atoms with E-state index < -0.39 is 0 Å². The van der Waals surface area contributed by atoms with Crippen LogP contribution >= 0.6 is 0 Å². The van der Waals surface area contributed by atoms with Gasteiger partial charge in [-0.1, -0.05) is 50.2 Å². The molecule has 2 aliphatic heterocycles. The molecule has 0 saturated carbocycles. The first kappa shape index (κ1) is 21.6. The first-order chi connectivity index (χ1) is 15.0. The van der Waals surface area contributed by atoms with Crippen LogP contribution in [0.5, 0.6) is 5.75 Å². The number of Topliss-reactive ketones (excluding diaryl/α,β-unsaturated/α-hetero) is 1. The highest BCUT2D eigenvalue weighted by atomic mass is 16.6. The summed E-state index contributed by atoms with van der Waals surface area (Å²) >= 11 is 0. The number of carbonyl (C=O) groups is 2. The van der Waals surface area contributed by atoms with Crippen molar-refractivity contribution in [3.63, 3.8) is 0 Å². The molecule has 1 unspecified atom stereocenters. The van der Waals surface area contributed by atoms with Gasteiger partial charge in [0.15, 0.2) is 0 Å². The number of ether oxygens (including phenoxy) is 2. The predicted molar refractivity (Wildman–Crippen MR) is 119 cm³/mol. The van der Waals surface area contributed by atoms with E-state index in [1.165, 1.54) is 5.56 Å². The molecule has 2 saturated heterocycles. The van der Waals surface area contributed by atoms with Crippen molar-refractivity contribution < 1.29 is 19.1 Å². The minimum absolute atomic E-state index is 0.0127. The van der Waals surface area contributed by atoms with E-state index in [9.17, 15) is 9.59 Å². The molecule has 2 aromatic carbocycles. The van der Waals surface area contributed by atoms with Gasteiger partial charge < -0.3 is 14.4 Å². The van der Waals surface area contributed by atoms with Crippen molar-refractivity contribution in [2.45, 2.75) is 51.0 Å². The monoisotopic (exact) mass is 421 g/mol. The van der Waals surface area contributed by atoms with Gasteiger partial charge in [-0.05, 0) is 47.6 Å². The van der Waals surface area contributed by atoms with Crippen LogP contribution in [0.3, 0.4) is 0 Å². The van der Waals surface area contributed by atoms with Gasteiger partial charge >= 0.3 is 0 Å². The topological polar surface area (TPSA) is 59.1 Å². The van der Waals surface area contributed by atoms with Gasteiger partial charge in [-0.3, -0.25) is 9.59 Å². The number of amides is 1. The molecule has 31 heavy (non-hydrogen) atoms. The highest BCUT2D eigenvalue weighted by Gasteiger charge is 2.31. The maximum absolute atomic E-state index is 12.9. The fraction of sp³-hybridized carbons (Fsp3) is 0.462. The Morgan fingerprint density at radius 2 is 1.94 bits per heavy atom. The number of carbonyl (C=O) groups excluding carboxylic acids is 2. The number of rotatable bonds is 8. The largest absolute Gasteiger partial charge is 0.486 e. The van der Waals surface area contributed by atoms with E-state index in [1.54, 1.807) is 0 Å². The second-order valence-corrected chi connectivity index (χ2v) is 8.90. The van der Waals surface area contributed by atoms with E-state index in [-0.39, 0.29) is 30.3 Å². The Bertz CT molecular complexity index is 917. The van der Waals surface area contributed by atoms with Crippen LogP contribution in [0.2, 0.25) is 0 Å². The van der Waals surface area contributed by atoms with Crippen molar-refractivity contribution in [2.75, 3.05) is 26.3 Å². The molecule has 0 aromatic heterocycles. The van der Waals surface area contributed by atoms with Crippen LogP contribution in [-0.4, -0.2) is 49.0 Å². The summed E-state index contributed by atoms with van der Waals surface area (Å²) in [6.45, 7) is 6.43. The van der Waals surface area contributed by atoms with Crippen LogP contribution in [0.4, 0.5) is 0 Å². The van der Waals surface area contributed by atoms with Crippen molar-refractivity contribution in [3.8, 4) is 5.75 Å². The zero-order valence-electron chi connectivity index (χ0n) is 18.4. The summed E-state index contributed by atoms with van der Waals surface area (Å²) in [6.07, 6.45) is 2.21. The number of ketones is 1. The fourth-order valence-electron chi connectivity index (χ4n) is 4.12. The first-order valence-electron chi connectivity index (χ1n) is 11.2. The summed E-state index contributed by atoms with van der Waals surface area (Å²) < 4.78 is 10.7. The molecular weight excluding hydrogens is 390 g/mol. The molecule has 2 atom stereocenters. The average Bonchev–Trinajstić information content (AvgIpc) is 3.64. The summed E-state index contributed by atoms with van der Waals surface area (Å²) in [5.41, 5.74) is 3.52. The van der Waals surface area contributed by atoms with Gasteiger partial charge in [0.2, 0.25) is 11.7 Å². The van der Waals surface area contributed by atoms with Crippen LogP contribution in [-0.2, 0) is 20.7 Å². The molecule has 5 nitrogen and oxygen atoms in total. The maximum atomic E-state index is 12.9. The third-order valence-electron chi connectivity index (χ3n) is 6.18. The van der Waals surface area contributed by atoms with E-state index >= 15 is 0 Å².